The van der Waals surface area contributed by atoms with Gasteiger partial charge >= 0.3 is 0 Å². The van der Waals surface area contributed by atoms with Crippen LogP contribution in [0.4, 0.5) is 10.1 Å². The number of thiazole rings is 1. The van der Waals surface area contributed by atoms with Crippen molar-refractivity contribution >= 4 is 17.0 Å². The Labute approximate surface area is 116 Å². The molecule has 1 heterocycles. The van der Waals surface area contributed by atoms with Crippen molar-refractivity contribution in [1.29, 1.82) is 0 Å². The van der Waals surface area contributed by atoms with Crippen molar-refractivity contribution in [3.63, 3.8) is 0 Å². The van der Waals surface area contributed by atoms with E-state index in [-0.39, 0.29) is 11.9 Å². The van der Waals surface area contributed by atoms with E-state index in [2.05, 4.69) is 9.88 Å². The fourth-order valence-corrected chi connectivity index (χ4v) is 2.85. The Balaban J connectivity index is 2.28. The number of hydrogen-bond acceptors (Lipinski definition) is 4. The number of rotatable bonds is 4. The summed E-state index contributed by atoms with van der Waals surface area (Å²) in [6.45, 7) is 4.61. The Kier molecular flexibility index (Phi) is 4.17. The third kappa shape index (κ3) is 3.11. The van der Waals surface area contributed by atoms with Crippen LogP contribution in [-0.4, -0.2) is 12.0 Å². The number of aromatic nitrogens is 1. The maximum absolute atomic E-state index is 13.3. The zero-order valence-electron chi connectivity index (χ0n) is 11.4. The summed E-state index contributed by atoms with van der Waals surface area (Å²) in [5.74, 6) is -0.251. The molecule has 0 unspecified atom stereocenters. The molecular formula is C14H18FN3S. The summed E-state index contributed by atoms with van der Waals surface area (Å²) >= 11 is 1.63. The van der Waals surface area contributed by atoms with Gasteiger partial charge in [-0.15, -0.1) is 11.3 Å². The SMILES string of the molecule is Cc1ncsc1CN(C)c1ccc(F)cc1[C@@H](C)N. The van der Waals surface area contributed by atoms with Gasteiger partial charge in [-0.1, -0.05) is 0 Å². The molecule has 1 aromatic carbocycles. The Bertz CT molecular complexity index is 566. The molecule has 0 aliphatic rings. The zero-order chi connectivity index (χ0) is 14.0. The molecule has 2 rings (SSSR count). The van der Waals surface area contributed by atoms with Crippen molar-refractivity contribution in [2.24, 2.45) is 5.73 Å². The average molecular weight is 279 g/mol. The summed E-state index contributed by atoms with van der Waals surface area (Å²) in [6.07, 6.45) is 0. The molecule has 0 aliphatic heterocycles. The molecule has 0 fully saturated rings. The first kappa shape index (κ1) is 14.0. The first-order chi connectivity index (χ1) is 8.99. The van der Waals surface area contributed by atoms with Crippen molar-refractivity contribution < 1.29 is 4.39 Å². The molecule has 0 saturated heterocycles. The van der Waals surface area contributed by atoms with Crippen LogP contribution in [0.2, 0.25) is 0 Å². The van der Waals surface area contributed by atoms with Gasteiger partial charge in [0.1, 0.15) is 5.82 Å². The lowest BCUT2D eigenvalue weighted by Gasteiger charge is -2.23. The van der Waals surface area contributed by atoms with Crippen molar-refractivity contribution in [2.75, 3.05) is 11.9 Å². The number of aryl methyl sites for hydroxylation is 1. The van der Waals surface area contributed by atoms with Gasteiger partial charge in [0, 0.05) is 23.7 Å². The van der Waals surface area contributed by atoms with E-state index in [0.717, 1.165) is 23.5 Å². The van der Waals surface area contributed by atoms with E-state index in [9.17, 15) is 4.39 Å². The molecule has 5 heteroatoms. The summed E-state index contributed by atoms with van der Waals surface area (Å²) in [5, 5.41) is 0. The fraction of sp³-hybridized carbons (Fsp3) is 0.357. The van der Waals surface area contributed by atoms with E-state index in [1.54, 1.807) is 17.4 Å². The second-order valence-electron chi connectivity index (χ2n) is 4.71. The minimum absolute atomic E-state index is 0.198. The van der Waals surface area contributed by atoms with Crippen molar-refractivity contribution in [3.05, 3.63) is 45.7 Å². The highest BCUT2D eigenvalue weighted by Gasteiger charge is 2.13. The van der Waals surface area contributed by atoms with Crippen molar-refractivity contribution in [1.82, 2.24) is 4.98 Å². The summed E-state index contributed by atoms with van der Waals surface area (Å²) < 4.78 is 13.3. The first-order valence-electron chi connectivity index (χ1n) is 6.14. The van der Waals surface area contributed by atoms with Gasteiger partial charge in [-0.05, 0) is 37.6 Å². The molecule has 2 aromatic rings. The molecular weight excluding hydrogens is 261 g/mol. The van der Waals surface area contributed by atoms with E-state index in [4.69, 9.17) is 5.73 Å². The number of hydrogen-bond donors (Lipinski definition) is 1. The van der Waals surface area contributed by atoms with Gasteiger partial charge in [-0.2, -0.15) is 0 Å². The quantitative estimate of drug-likeness (QED) is 0.934. The largest absolute Gasteiger partial charge is 0.369 e. The predicted molar refractivity (Wildman–Crippen MR) is 78.0 cm³/mol. The minimum Gasteiger partial charge on any atom is -0.369 e. The number of halogens is 1. The second kappa shape index (κ2) is 5.67. The fourth-order valence-electron chi connectivity index (χ4n) is 2.02. The molecule has 0 radical (unpaired) electrons. The highest BCUT2D eigenvalue weighted by molar-refractivity contribution is 7.09. The van der Waals surface area contributed by atoms with Gasteiger partial charge in [0.25, 0.3) is 0 Å². The third-order valence-corrected chi connectivity index (χ3v) is 4.04. The molecule has 0 aliphatic carbocycles. The van der Waals surface area contributed by atoms with Gasteiger partial charge in [0.05, 0.1) is 17.7 Å². The van der Waals surface area contributed by atoms with E-state index in [1.165, 1.54) is 17.0 Å². The van der Waals surface area contributed by atoms with Crippen LogP contribution in [0.25, 0.3) is 0 Å². The lowest BCUT2D eigenvalue weighted by atomic mass is 10.1. The maximum atomic E-state index is 13.3. The van der Waals surface area contributed by atoms with E-state index >= 15 is 0 Å². The van der Waals surface area contributed by atoms with Crippen LogP contribution in [0.1, 0.15) is 29.1 Å². The van der Waals surface area contributed by atoms with Crippen molar-refractivity contribution in [3.8, 4) is 0 Å². The monoisotopic (exact) mass is 279 g/mol. The average Bonchev–Trinajstić information content (AvgIpc) is 2.74. The third-order valence-electron chi connectivity index (χ3n) is 3.12. The molecule has 1 atom stereocenters. The molecule has 0 amide bonds. The van der Waals surface area contributed by atoms with Crippen LogP contribution in [0, 0.1) is 12.7 Å². The van der Waals surface area contributed by atoms with Crippen molar-refractivity contribution in [2.45, 2.75) is 26.4 Å². The zero-order valence-corrected chi connectivity index (χ0v) is 12.2. The highest BCUT2D eigenvalue weighted by atomic mass is 32.1. The smallest absolute Gasteiger partial charge is 0.123 e. The van der Waals surface area contributed by atoms with Crippen LogP contribution >= 0.6 is 11.3 Å². The number of benzene rings is 1. The Hall–Kier alpha value is -1.46. The molecule has 1 aromatic heterocycles. The summed E-state index contributed by atoms with van der Waals surface area (Å²) in [4.78, 5) is 7.53. The lowest BCUT2D eigenvalue weighted by molar-refractivity contribution is 0.622. The van der Waals surface area contributed by atoms with Crippen LogP contribution in [0.5, 0.6) is 0 Å². The van der Waals surface area contributed by atoms with Crippen LogP contribution < -0.4 is 10.6 Å². The summed E-state index contributed by atoms with van der Waals surface area (Å²) in [6, 6.07) is 4.56. The van der Waals surface area contributed by atoms with Crippen LogP contribution in [0.15, 0.2) is 23.7 Å². The molecule has 0 spiro atoms. The van der Waals surface area contributed by atoms with Gasteiger partial charge in [-0.25, -0.2) is 9.37 Å². The molecule has 19 heavy (non-hydrogen) atoms. The standard InChI is InChI=1S/C14H18FN3S/c1-9(16)12-6-11(15)4-5-13(12)18(3)7-14-10(2)17-8-19-14/h4-6,8-9H,7,16H2,1-3H3/t9-/m1/s1. The van der Waals surface area contributed by atoms with E-state index < -0.39 is 0 Å². The molecule has 0 saturated carbocycles. The Morgan fingerprint density at radius 1 is 1.47 bits per heavy atom. The maximum Gasteiger partial charge on any atom is 0.123 e. The first-order valence-corrected chi connectivity index (χ1v) is 7.02. The molecule has 0 bridgehead atoms. The second-order valence-corrected chi connectivity index (χ2v) is 5.65. The van der Waals surface area contributed by atoms with Gasteiger partial charge < -0.3 is 10.6 Å². The van der Waals surface area contributed by atoms with Gasteiger partial charge in [0.2, 0.25) is 0 Å². The minimum atomic E-state index is -0.251. The number of nitrogens with two attached hydrogens (primary N) is 1. The summed E-state index contributed by atoms with van der Waals surface area (Å²) in [7, 11) is 1.98. The van der Waals surface area contributed by atoms with E-state index in [0.29, 0.717) is 0 Å². The summed E-state index contributed by atoms with van der Waals surface area (Å²) in [5.41, 5.74) is 10.6. The normalized spacial score (nSPS) is 12.5. The topological polar surface area (TPSA) is 42.2 Å². The van der Waals surface area contributed by atoms with Gasteiger partial charge in [-0.3, -0.25) is 0 Å². The number of anilines is 1. The Morgan fingerprint density at radius 2 is 2.21 bits per heavy atom. The molecule has 2 N–H and O–H groups in total. The van der Waals surface area contributed by atoms with Crippen LogP contribution in [0.3, 0.4) is 0 Å². The van der Waals surface area contributed by atoms with Crippen LogP contribution in [-0.2, 0) is 6.54 Å². The predicted octanol–water partition coefficient (Wildman–Crippen LogP) is 3.25. The lowest BCUT2D eigenvalue weighted by Crippen LogP contribution is -2.20. The van der Waals surface area contributed by atoms with Gasteiger partial charge in [0.15, 0.2) is 0 Å². The highest BCUT2D eigenvalue weighted by Crippen LogP contribution is 2.27. The Morgan fingerprint density at radius 3 is 2.79 bits per heavy atom. The number of nitrogens with zero attached hydrogens (tertiary/aromatic N) is 2. The van der Waals surface area contributed by atoms with E-state index in [1.807, 2.05) is 26.4 Å². The molecule has 3 nitrogen and oxygen atoms in total. The molecule has 102 valence electrons.